The highest BCUT2D eigenvalue weighted by molar-refractivity contribution is 5.69. The molecule has 0 N–H and O–H groups in total. The number of hydrogen-bond acceptors (Lipinski definition) is 5. The van der Waals surface area contributed by atoms with Crippen LogP contribution in [-0.2, 0) is 0 Å². The second-order valence-electron chi connectivity index (χ2n) is 6.91. The molecule has 0 aliphatic heterocycles. The van der Waals surface area contributed by atoms with Gasteiger partial charge in [-0.1, -0.05) is 60.7 Å². The van der Waals surface area contributed by atoms with E-state index < -0.39 is 10.2 Å². The summed E-state index contributed by atoms with van der Waals surface area (Å²) in [5.41, 5.74) is 7.11. The van der Waals surface area contributed by atoms with Crippen molar-refractivity contribution in [3.8, 4) is 28.2 Å². The minimum absolute atomic E-state index is 0.945. The van der Waals surface area contributed by atoms with Crippen LogP contribution >= 0.6 is 0 Å². The number of aryl methyl sites for hydroxylation is 2. The van der Waals surface area contributed by atoms with Gasteiger partial charge in [-0.3, -0.25) is 0 Å². The second kappa shape index (κ2) is 9.78. The number of halogens is 1. The molecule has 0 bridgehead atoms. The van der Waals surface area contributed by atoms with Gasteiger partial charge < -0.3 is 0 Å². The number of rotatable bonds is 3. The normalized spacial score (nSPS) is 10.9. The molecule has 158 valence electrons. The summed E-state index contributed by atoms with van der Waals surface area (Å²) in [5, 5.41) is 0. The maximum absolute atomic E-state index is 8.49. The average molecular weight is 437 g/mol. The van der Waals surface area contributed by atoms with Crippen LogP contribution in [-0.4, -0.2) is 4.98 Å². The predicted molar refractivity (Wildman–Crippen MR) is 106 cm³/mol. The van der Waals surface area contributed by atoms with Gasteiger partial charge in [0.1, 0.15) is 17.6 Å². The van der Waals surface area contributed by atoms with Gasteiger partial charge in [0, 0.05) is 11.6 Å². The summed E-state index contributed by atoms with van der Waals surface area (Å²) in [6.07, 6.45) is 1.87. The highest BCUT2D eigenvalue weighted by Crippen LogP contribution is 2.26. The van der Waals surface area contributed by atoms with E-state index in [1.54, 1.807) is 0 Å². The number of hydrogen-bond donors (Lipinski definition) is 0. The summed E-state index contributed by atoms with van der Waals surface area (Å²) in [4.78, 5) is 4.62. The molecule has 0 spiro atoms. The summed E-state index contributed by atoms with van der Waals surface area (Å²) < 4.78 is 36.2. The van der Waals surface area contributed by atoms with E-state index in [0.29, 0.717) is 0 Å². The molecular weight excluding hydrogens is 416 g/mol. The van der Waals surface area contributed by atoms with Gasteiger partial charge in [-0.2, -0.15) is 4.57 Å². The van der Waals surface area contributed by atoms with E-state index in [4.69, 9.17) is 18.6 Å². The Bertz CT molecular complexity index is 1140. The van der Waals surface area contributed by atoms with Crippen molar-refractivity contribution in [3.63, 3.8) is 0 Å². The van der Waals surface area contributed by atoms with E-state index in [-0.39, 0.29) is 0 Å². The Balaban J connectivity index is 0.000000491. The highest BCUT2D eigenvalue weighted by atomic mass is 35.7. The molecule has 4 rings (SSSR count). The molecule has 0 aliphatic carbocycles. The minimum atomic E-state index is -4.94. The van der Waals surface area contributed by atoms with Crippen LogP contribution in [0.1, 0.15) is 11.3 Å². The minimum Gasteiger partial charge on any atom is -0.222 e. The van der Waals surface area contributed by atoms with Gasteiger partial charge in [-0.25, -0.2) is 18.6 Å². The summed E-state index contributed by atoms with van der Waals surface area (Å²) >= 11 is 0. The number of aromatic nitrogens is 2. The Morgan fingerprint density at radius 2 is 1.23 bits per heavy atom. The molecule has 0 saturated carbocycles. The molecule has 0 fully saturated rings. The van der Waals surface area contributed by atoms with Gasteiger partial charge in [-0.05, 0) is 53.7 Å². The quantitative estimate of drug-likeness (QED) is 0.436. The van der Waals surface area contributed by atoms with Crippen LogP contribution in [0.5, 0.6) is 0 Å². The molecular formula is C24H21ClN2O4. The van der Waals surface area contributed by atoms with Crippen molar-refractivity contribution in [2.24, 2.45) is 0 Å². The fourth-order valence-corrected chi connectivity index (χ4v) is 3.30. The zero-order valence-electron chi connectivity index (χ0n) is 17.1. The van der Waals surface area contributed by atoms with Crippen LogP contribution < -0.4 is 23.2 Å². The van der Waals surface area contributed by atoms with E-state index in [9.17, 15) is 0 Å². The third kappa shape index (κ3) is 6.42. The van der Waals surface area contributed by atoms with E-state index >= 15 is 0 Å². The smallest absolute Gasteiger partial charge is 0.222 e. The Labute approximate surface area is 183 Å². The predicted octanol–water partition coefficient (Wildman–Crippen LogP) is 0.553. The maximum atomic E-state index is 8.49. The zero-order valence-corrected chi connectivity index (χ0v) is 17.8. The molecule has 7 heteroatoms. The van der Waals surface area contributed by atoms with Crippen LogP contribution in [0.2, 0.25) is 0 Å². The van der Waals surface area contributed by atoms with Crippen molar-refractivity contribution in [3.05, 3.63) is 102 Å². The molecule has 31 heavy (non-hydrogen) atoms. The fraction of sp³-hybridized carbons (Fsp3) is 0.0833. The first-order valence-corrected chi connectivity index (χ1v) is 10.7. The molecule has 0 aliphatic rings. The number of benzene rings is 2. The lowest BCUT2D eigenvalue weighted by atomic mass is 10.0. The molecule has 0 amide bonds. The van der Waals surface area contributed by atoms with Gasteiger partial charge in [0.25, 0.3) is 0 Å². The largest absolute Gasteiger partial charge is 0.328 e. The third-order valence-electron chi connectivity index (χ3n) is 4.56. The molecule has 2 aromatic heterocycles. The van der Waals surface area contributed by atoms with E-state index in [1.807, 2.05) is 24.4 Å². The molecule has 0 atom stereocenters. The first kappa shape index (κ1) is 22.6. The van der Waals surface area contributed by atoms with Crippen molar-refractivity contribution in [2.75, 3.05) is 0 Å². The lowest BCUT2D eigenvalue weighted by Gasteiger charge is -2.17. The molecule has 6 nitrogen and oxygen atoms in total. The first-order chi connectivity index (χ1) is 14.7. The highest BCUT2D eigenvalue weighted by Gasteiger charge is 2.19. The first-order valence-electron chi connectivity index (χ1n) is 9.45. The maximum Gasteiger partial charge on any atom is 0.328 e. The lowest BCUT2D eigenvalue weighted by molar-refractivity contribution is -2.00. The molecule has 4 aromatic rings. The Morgan fingerprint density at radius 1 is 0.677 bits per heavy atom. The van der Waals surface area contributed by atoms with E-state index in [2.05, 4.69) is 90.1 Å². The van der Waals surface area contributed by atoms with Crippen LogP contribution in [0.3, 0.4) is 0 Å². The Hall–Kier alpha value is -3.13. The Morgan fingerprint density at radius 3 is 1.77 bits per heavy atom. The molecule has 2 aromatic carbocycles. The van der Waals surface area contributed by atoms with Crippen molar-refractivity contribution >= 4 is 0 Å². The van der Waals surface area contributed by atoms with Gasteiger partial charge >= 0.3 is 5.82 Å². The summed E-state index contributed by atoms with van der Waals surface area (Å²) in [5.74, 6) is 0.945. The van der Waals surface area contributed by atoms with Crippen LogP contribution in [0.15, 0.2) is 91.1 Å². The molecule has 0 radical (unpaired) electrons. The lowest BCUT2D eigenvalue weighted by Crippen LogP contribution is -2.68. The monoisotopic (exact) mass is 436 g/mol. The van der Waals surface area contributed by atoms with Crippen molar-refractivity contribution < 1.29 is 33.4 Å². The average Bonchev–Trinajstić information content (AvgIpc) is 2.73. The van der Waals surface area contributed by atoms with Crippen molar-refractivity contribution in [1.82, 2.24) is 4.98 Å². The molecule has 2 heterocycles. The van der Waals surface area contributed by atoms with E-state index in [0.717, 1.165) is 17.2 Å². The van der Waals surface area contributed by atoms with Gasteiger partial charge in [0.05, 0.1) is 0 Å². The van der Waals surface area contributed by atoms with Crippen molar-refractivity contribution in [1.29, 1.82) is 0 Å². The van der Waals surface area contributed by atoms with Gasteiger partial charge in [0.2, 0.25) is 0 Å². The van der Waals surface area contributed by atoms with Gasteiger partial charge in [-0.15, -0.1) is 10.2 Å². The standard InChI is InChI=1S/C24H21N2.ClHO4/c1-18-13-14-25-24(15-18)26-19(2)16-22(20-9-5-3-6-10-20)17-23(26)21-11-7-4-8-12-21;2-1(3,4)5/h3-17H,1-2H3;(H,2,3,4,5)/q+1;/p-1. The molecule has 0 unspecified atom stereocenters. The second-order valence-corrected chi connectivity index (χ2v) is 7.66. The van der Waals surface area contributed by atoms with Crippen LogP contribution in [0, 0.1) is 24.1 Å². The van der Waals surface area contributed by atoms with Crippen LogP contribution in [0.25, 0.3) is 28.2 Å². The SMILES string of the molecule is Cc1ccnc(-[n+]2c(C)cc(-c3ccccc3)cc2-c2ccccc2)c1.[O-][Cl+3]([O-])([O-])[O-]. The number of pyridine rings is 2. The van der Waals surface area contributed by atoms with Gasteiger partial charge in [0.15, 0.2) is 0 Å². The van der Waals surface area contributed by atoms with Crippen molar-refractivity contribution in [2.45, 2.75) is 13.8 Å². The third-order valence-corrected chi connectivity index (χ3v) is 4.56. The van der Waals surface area contributed by atoms with Crippen LogP contribution in [0.4, 0.5) is 0 Å². The zero-order chi connectivity index (χ0) is 22.4. The number of nitrogens with zero attached hydrogens (tertiary/aromatic N) is 2. The fourth-order valence-electron chi connectivity index (χ4n) is 3.30. The van der Waals surface area contributed by atoms with E-state index in [1.165, 1.54) is 22.3 Å². The molecule has 0 saturated heterocycles. The topological polar surface area (TPSA) is 109 Å². The Kier molecular flexibility index (Phi) is 7.12. The summed E-state index contributed by atoms with van der Waals surface area (Å²) in [7, 11) is -4.94. The summed E-state index contributed by atoms with van der Waals surface area (Å²) in [6, 6.07) is 29.6. The summed E-state index contributed by atoms with van der Waals surface area (Å²) in [6.45, 7) is 4.24.